The molecule has 1 fully saturated rings. The van der Waals surface area contributed by atoms with E-state index in [-0.39, 0.29) is 5.82 Å². The molecule has 0 atom stereocenters. The minimum absolute atomic E-state index is 0.282. The predicted molar refractivity (Wildman–Crippen MR) is 92.8 cm³/mol. The van der Waals surface area contributed by atoms with Crippen molar-refractivity contribution in [2.24, 2.45) is 0 Å². The van der Waals surface area contributed by atoms with E-state index in [2.05, 4.69) is 24.8 Å². The minimum atomic E-state index is -0.282. The van der Waals surface area contributed by atoms with E-state index in [1.807, 2.05) is 32.0 Å². The Morgan fingerprint density at radius 1 is 1.08 bits per heavy atom. The van der Waals surface area contributed by atoms with Crippen molar-refractivity contribution in [3.05, 3.63) is 41.6 Å². The number of rotatable bonds is 4. The molecule has 0 unspecified atom stereocenters. The first kappa shape index (κ1) is 16.6. The van der Waals surface area contributed by atoms with Gasteiger partial charge in [-0.25, -0.2) is 9.37 Å². The Morgan fingerprint density at radius 2 is 1.83 bits per heavy atom. The zero-order valence-corrected chi connectivity index (χ0v) is 14.4. The van der Waals surface area contributed by atoms with Crippen LogP contribution in [-0.4, -0.2) is 60.1 Å². The number of pyridine rings is 1. The van der Waals surface area contributed by atoms with Crippen molar-refractivity contribution in [2.75, 3.05) is 50.1 Å². The third-order valence-electron chi connectivity index (χ3n) is 4.11. The maximum Gasteiger partial charge on any atom is 0.227 e. The molecule has 3 rings (SSSR count). The summed E-state index contributed by atoms with van der Waals surface area (Å²) in [5.41, 5.74) is 1.88. The minimum Gasteiger partial charge on any atom is -0.363 e. The highest BCUT2D eigenvalue weighted by Crippen LogP contribution is 2.18. The summed E-state index contributed by atoms with van der Waals surface area (Å²) in [7, 11) is 3.97. The lowest BCUT2D eigenvalue weighted by Crippen LogP contribution is -2.46. The highest BCUT2D eigenvalue weighted by Gasteiger charge is 2.20. The Balaban J connectivity index is 1.63. The SMILES string of the molecule is Cc1cc(N(C)C)nc(N2CCN(Cc3cncc(F)c3)CC2)n1. The van der Waals surface area contributed by atoms with Crippen molar-refractivity contribution >= 4 is 11.8 Å². The van der Waals surface area contributed by atoms with Crippen molar-refractivity contribution in [2.45, 2.75) is 13.5 Å². The molecule has 0 radical (unpaired) electrons. The molecule has 24 heavy (non-hydrogen) atoms. The first-order chi connectivity index (χ1) is 11.5. The molecule has 1 aliphatic rings. The van der Waals surface area contributed by atoms with Crippen LogP contribution in [0.5, 0.6) is 0 Å². The summed E-state index contributed by atoms with van der Waals surface area (Å²) in [6, 6.07) is 3.53. The van der Waals surface area contributed by atoms with Gasteiger partial charge in [-0.1, -0.05) is 0 Å². The summed E-state index contributed by atoms with van der Waals surface area (Å²) in [5, 5.41) is 0. The molecule has 0 saturated carbocycles. The number of aryl methyl sites for hydroxylation is 1. The zero-order chi connectivity index (χ0) is 17.1. The third kappa shape index (κ3) is 3.97. The number of nitrogens with zero attached hydrogens (tertiary/aromatic N) is 6. The van der Waals surface area contributed by atoms with E-state index in [4.69, 9.17) is 0 Å². The predicted octanol–water partition coefficient (Wildman–Crippen LogP) is 1.71. The van der Waals surface area contributed by atoms with Gasteiger partial charge in [-0.3, -0.25) is 9.88 Å². The first-order valence-corrected chi connectivity index (χ1v) is 8.11. The van der Waals surface area contributed by atoms with Crippen LogP contribution in [0.25, 0.3) is 0 Å². The molecule has 0 amide bonds. The second-order valence-corrected chi connectivity index (χ2v) is 6.34. The van der Waals surface area contributed by atoms with E-state index in [1.165, 1.54) is 6.20 Å². The molecule has 0 N–H and O–H groups in total. The Labute approximate surface area is 142 Å². The van der Waals surface area contributed by atoms with Crippen LogP contribution in [0.2, 0.25) is 0 Å². The number of halogens is 1. The molecule has 128 valence electrons. The van der Waals surface area contributed by atoms with Gasteiger partial charge in [0, 0.05) is 64.8 Å². The van der Waals surface area contributed by atoms with Gasteiger partial charge in [0.1, 0.15) is 11.6 Å². The van der Waals surface area contributed by atoms with E-state index in [1.54, 1.807) is 12.3 Å². The summed E-state index contributed by atoms with van der Waals surface area (Å²) in [6.45, 7) is 6.22. The lowest BCUT2D eigenvalue weighted by Gasteiger charge is -2.35. The van der Waals surface area contributed by atoms with Gasteiger partial charge in [0.2, 0.25) is 5.95 Å². The maximum absolute atomic E-state index is 13.2. The molecule has 0 aliphatic carbocycles. The van der Waals surface area contributed by atoms with Crippen LogP contribution in [0.15, 0.2) is 24.5 Å². The number of hydrogen-bond donors (Lipinski definition) is 0. The van der Waals surface area contributed by atoms with Gasteiger partial charge >= 0.3 is 0 Å². The Morgan fingerprint density at radius 3 is 2.50 bits per heavy atom. The molecule has 0 aromatic carbocycles. The van der Waals surface area contributed by atoms with Crippen LogP contribution >= 0.6 is 0 Å². The highest BCUT2D eigenvalue weighted by atomic mass is 19.1. The number of aromatic nitrogens is 3. The second kappa shape index (κ2) is 7.09. The molecule has 1 saturated heterocycles. The van der Waals surface area contributed by atoms with Crippen LogP contribution in [0.4, 0.5) is 16.2 Å². The Hall–Kier alpha value is -2.28. The van der Waals surface area contributed by atoms with Crippen LogP contribution in [0.1, 0.15) is 11.3 Å². The van der Waals surface area contributed by atoms with Crippen molar-refractivity contribution in [1.82, 2.24) is 19.9 Å². The second-order valence-electron chi connectivity index (χ2n) is 6.34. The average molecular weight is 330 g/mol. The summed E-state index contributed by atoms with van der Waals surface area (Å²) >= 11 is 0. The third-order valence-corrected chi connectivity index (χ3v) is 4.11. The molecular formula is C17H23FN6. The van der Waals surface area contributed by atoms with Gasteiger partial charge < -0.3 is 9.80 Å². The molecule has 7 heteroatoms. The van der Waals surface area contributed by atoms with Gasteiger partial charge in [-0.05, 0) is 18.6 Å². The lowest BCUT2D eigenvalue weighted by molar-refractivity contribution is 0.248. The number of hydrogen-bond acceptors (Lipinski definition) is 6. The highest BCUT2D eigenvalue weighted by molar-refractivity contribution is 5.45. The number of piperazine rings is 1. The molecule has 2 aromatic heterocycles. The molecule has 2 aromatic rings. The van der Waals surface area contributed by atoms with Crippen molar-refractivity contribution in [1.29, 1.82) is 0 Å². The van der Waals surface area contributed by atoms with Crippen molar-refractivity contribution in [3.8, 4) is 0 Å². The van der Waals surface area contributed by atoms with Gasteiger partial charge in [0.05, 0.1) is 6.20 Å². The summed E-state index contributed by atoms with van der Waals surface area (Å²) in [6.07, 6.45) is 2.96. The topological polar surface area (TPSA) is 48.4 Å². The largest absolute Gasteiger partial charge is 0.363 e. The molecule has 3 heterocycles. The standard InChI is InChI=1S/C17H23FN6/c1-13-8-16(22(2)3)21-17(20-13)24-6-4-23(5-7-24)12-14-9-15(18)11-19-10-14/h8-11H,4-7,12H2,1-3H3. The van der Waals surface area contributed by atoms with E-state index in [0.29, 0.717) is 0 Å². The molecule has 1 aliphatic heterocycles. The average Bonchev–Trinajstić information content (AvgIpc) is 2.55. The fourth-order valence-electron chi connectivity index (χ4n) is 2.81. The van der Waals surface area contributed by atoms with Crippen LogP contribution in [0, 0.1) is 12.7 Å². The molecule has 0 spiro atoms. The van der Waals surface area contributed by atoms with Crippen LogP contribution in [-0.2, 0) is 6.54 Å². The quantitative estimate of drug-likeness (QED) is 0.851. The smallest absolute Gasteiger partial charge is 0.227 e. The van der Waals surface area contributed by atoms with E-state index in [9.17, 15) is 4.39 Å². The van der Waals surface area contributed by atoms with Crippen LogP contribution < -0.4 is 9.80 Å². The summed E-state index contributed by atoms with van der Waals surface area (Å²) < 4.78 is 13.2. The molecular weight excluding hydrogens is 307 g/mol. The van der Waals surface area contributed by atoms with Crippen molar-refractivity contribution in [3.63, 3.8) is 0 Å². The Bertz CT molecular complexity index is 697. The normalized spacial score (nSPS) is 15.6. The van der Waals surface area contributed by atoms with Gasteiger partial charge in [-0.15, -0.1) is 0 Å². The summed E-state index contributed by atoms with van der Waals surface area (Å²) in [4.78, 5) is 19.6. The van der Waals surface area contributed by atoms with Gasteiger partial charge in [0.25, 0.3) is 0 Å². The summed E-state index contributed by atoms with van der Waals surface area (Å²) in [5.74, 6) is 1.42. The fourth-order valence-corrected chi connectivity index (χ4v) is 2.81. The van der Waals surface area contributed by atoms with E-state index in [0.717, 1.165) is 55.7 Å². The molecule has 0 bridgehead atoms. The Kier molecular flexibility index (Phi) is 4.89. The monoisotopic (exact) mass is 330 g/mol. The maximum atomic E-state index is 13.2. The van der Waals surface area contributed by atoms with Crippen LogP contribution in [0.3, 0.4) is 0 Å². The van der Waals surface area contributed by atoms with E-state index < -0.39 is 0 Å². The van der Waals surface area contributed by atoms with Crippen molar-refractivity contribution < 1.29 is 4.39 Å². The van der Waals surface area contributed by atoms with Gasteiger partial charge in [-0.2, -0.15) is 4.98 Å². The number of anilines is 2. The fraction of sp³-hybridized carbons (Fsp3) is 0.471. The zero-order valence-electron chi connectivity index (χ0n) is 14.4. The van der Waals surface area contributed by atoms with E-state index >= 15 is 0 Å². The molecule has 6 nitrogen and oxygen atoms in total. The lowest BCUT2D eigenvalue weighted by atomic mass is 10.2. The first-order valence-electron chi connectivity index (χ1n) is 8.11. The van der Waals surface area contributed by atoms with Gasteiger partial charge in [0.15, 0.2) is 0 Å².